The Bertz CT molecular complexity index is 888. The minimum atomic E-state index is -0.0514. The summed E-state index contributed by atoms with van der Waals surface area (Å²) in [6.45, 7) is 2.25. The third-order valence-electron chi connectivity index (χ3n) is 5.19. The molecule has 2 nitrogen and oxygen atoms in total. The highest BCUT2D eigenvalue weighted by molar-refractivity contribution is 7.99. The van der Waals surface area contributed by atoms with Crippen LogP contribution in [0.15, 0.2) is 72.8 Å². The maximum absolute atomic E-state index is 12.8. The zero-order valence-electron chi connectivity index (χ0n) is 17.3. The Kier molecular flexibility index (Phi) is 8.63. The molecule has 0 fully saturated rings. The number of rotatable bonds is 11. The van der Waals surface area contributed by atoms with Gasteiger partial charge < -0.3 is 5.32 Å². The van der Waals surface area contributed by atoms with Crippen molar-refractivity contribution in [3.63, 3.8) is 0 Å². The predicted molar refractivity (Wildman–Crippen MR) is 126 cm³/mol. The third kappa shape index (κ3) is 6.37. The van der Waals surface area contributed by atoms with Gasteiger partial charge >= 0.3 is 0 Å². The molecule has 1 unspecified atom stereocenters. The van der Waals surface area contributed by atoms with Gasteiger partial charge in [0.2, 0.25) is 0 Å². The molecule has 0 bridgehead atoms. The second kappa shape index (κ2) is 11.7. The maximum Gasteiger partial charge on any atom is 0.252 e. The normalized spacial score (nSPS) is 12.0. The van der Waals surface area contributed by atoms with E-state index < -0.39 is 0 Å². The fourth-order valence-electron chi connectivity index (χ4n) is 3.56. The van der Waals surface area contributed by atoms with Crippen molar-refractivity contribution in [2.75, 3.05) is 5.75 Å². The molecule has 1 amide bonds. The first-order valence-corrected chi connectivity index (χ1v) is 11.8. The summed E-state index contributed by atoms with van der Waals surface area (Å²) < 4.78 is 0. The zero-order chi connectivity index (χ0) is 20.3. The van der Waals surface area contributed by atoms with Crippen LogP contribution in [0.25, 0.3) is 10.8 Å². The Labute approximate surface area is 179 Å². The Balaban J connectivity index is 1.72. The monoisotopic (exact) mass is 405 g/mol. The van der Waals surface area contributed by atoms with Gasteiger partial charge in [0.25, 0.3) is 5.91 Å². The van der Waals surface area contributed by atoms with Crippen LogP contribution in [0.1, 0.15) is 66.7 Å². The highest BCUT2D eigenvalue weighted by Crippen LogP contribution is 2.33. The quantitative estimate of drug-likeness (QED) is 0.267. The number of benzene rings is 3. The van der Waals surface area contributed by atoms with E-state index in [-0.39, 0.29) is 11.3 Å². The highest BCUT2D eigenvalue weighted by atomic mass is 32.2. The molecular formula is C26H31NOS. The van der Waals surface area contributed by atoms with E-state index in [0.717, 1.165) is 5.75 Å². The summed E-state index contributed by atoms with van der Waals surface area (Å²) in [6.07, 6.45) is 7.71. The van der Waals surface area contributed by atoms with Crippen LogP contribution in [-0.2, 0) is 0 Å². The smallest absolute Gasteiger partial charge is 0.252 e. The molecule has 0 spiro atoms. The van der Waals surface area contributed by atoms with Crippen LogP contribution < -0.4 is 5.32 Å². The first kappa shape index (κ1) is 21.4. The lowest BCUT2D eigenvalue weighted by Crippen LogP contribution is -2.27. The molecule has 29 heavy (non-hydrogen) atoms. The Morgan fingerprint density at radius 2 is 1.52 bits per heavy atom. The molecule has 152 valence electrons. The molecule has 1 N–H and O–H groups in total. The zero-order valence-corrected chi connectivity index (χ0v) is 18.1. The van der Waals surface area contributed by atoms with Gasteiger partial charge in [0.15, 0.2) is 0 Å². The van der Waals surface area contributed by atoms with Gasteiger partial charge in [-0.1, -0.05) is 99.7 Å². The Morgan fingerprint density at radius 1 is 0.828 bits per heavy atom. The Morgan fingerprint density at radius 3 is 2.34 bits per heavy atom. The van der Waals surface area contributed by atoms with E-state index in [1.807, 2.05) is 42.1 Å². The highest BCUT2D eigenvalue weighted by Gasteiger charge is 2.18. The fraction of sp³-hybridized carbons (Fsp3) is 0.346. The lowest BCUT2D eigenvalue weighted by molar-refractivity contribution is 0.0950. The maximum atomic E-state index is 12.8. The number of amides is 1. The van der Waals surface area contributed by atoms with Gasteiger partial charge in [-0.05, 0) is 40.6 Å². The van der Waals surface area contributed by atoms with Crippen LogP contribution in [0, 0.1) is 0 Å². The van der Waals surface area contributed by atoms with Gasteiger partial charge in [0.05, 0.1) is 0 Å². The third-order valence-corrected chi connectivity index (χ3v) is 6.42. The van der Waals surface area contributed by atoms with Gasteiger partial charge in [0.1, 0.15) is 5.37 Å². The summed E-state index contributed by atoms with van der Waals surface area (Å²) in [5, 5.41) is 5.65. The van der Waals surface area contributed by atoms with Crippen molar-refractivity contribution in [2.45, 2.75) is 50.8 Å². The van der Waals surface area contributed by atoms with E-state index in [4.69, 9.17) is 0 Å². The first-order valence-electron chi connectivity index (χ1n) is 10.7. The summed E-state index contributed by atoms with van der Waals surface area (Å²) in [6, 6.07) is 24.3. The van der Waals surface area contributed by atoms with Crippen molar-refractivity contribution in [2.24, 2.45) is 0 Å². The van der Waals surface area contributed by atoms with Crippen LogP contribution in [-0.4, -0.2) is 11.7 Å². The number of fused-ring (bicyclic) bond motifs is 1. The number of unbranched alkanes of at least 4 members (excludes halogenated alkanes) is 5. The molecular weight excluding hydrogens is 374 g/mol. The Hall–Kier alpha value is -2.26. The molecule has 0 saturated heterocycles. The number of hydrogen-bond donors (Lipinski definition) is 1. The molecule has 0 aromatic heterocycles. The van der Waals surface area contributed by atoms with Crippen LogP contribution in [0.2, 0.25) is 0 Å². The number of carbonyl (C=O) groups excluding carboxylic acids is 1. The van der Waals surface area contributed by atoms with Gasteiger partial charge in [-0.3, -0.25) is 4.79 Å². The molecule has 1 atom stereocenters. The largest absolute Gasteiger partial charge is 0.336 e. The van der Waals surface area contributed by atoms with Gasteiger partial charge in [0, 0.05) is 5.56 Å². The molecule has 0 radical (unpaired) electrons. The number of carbonyl (C=O) groups is 1. The van der Waals surface area contributed by atoms with E-state index >= 15 is 0 Å². The number of hydrogen-bond acceptors (Lipinski definition) is 2. The predicted octanol–water partition coefficient (Wildman–Crippen LogP) is 7.36. The molecule has 0 aliphatic heterocycles. The van der Waals surface area contributed by atoms with Crippen molar-refractivity contribution >= 4 is 28.4 Å². The van der Waals surface area contributed by atoms with Crippen LogP contribution in [0.4, 0.5) is 0 Å². The average Bonchev–Trinajstić information content (AvgIpc) is 2.78. The van der Waals surface area contributed by atoms with Crippen LogP contribution >= 0.6 is 11.8 Å². The second-order valence-electron chi connectivity index (χ2n) is 7.43. The van der Waals surface area contributed by atoms with Crippen LogP contribution in [0.5, 0.6) is 0 Å². The van der Waals surface area contributed by atoms with Gasteiger partial charge in [-0.15, -0.1) is 11.8 Å². The van der Waals surface area contributed by atoms with E-state index in [0.29, 0.717) is 5.56 Å². The first-order chi connectivity index (χ1) is 14.3. The van der Waals surface area contributed by atoms with Gasteiger partial charge in [-0.25, -0.2) is 0 Å². The molecule has 0 heterocycles. The summed E-state index contributed by atoms with van der Waals surface area (Å²) in [5.41, 5.74) is 1.89. The SMILES string of the molecule is CCCCCCCCSC(NC(=O)c1ccccc1)c1cccc2ccccc12. The minimum Gasteiger partial charge on any atom is -0.336 e. The minimum absolute atomic E-state index is 0.0148. The van der Waals surface area contributed by atoms with Crippen molar-refractivity contribution in [1.82, 2.24) is 5.32 Å². The van der Waals surface area contributed by atoms with E-state index in [2.05, 4.69) is 54.7 Å². The molecule has 3 heteroatoms. The van der Waals surface area contributed by atoms with Crippen molar-refractivity contribution in [3.05, 3.63) is 83.9 Å². The van der Waals surface area contributed by atoms with Crippen molar-refractivity contribution in [1.29, 1.82) is 0 Å². The molecule has 0 aliphatic carbocycles. The number of thioether (sulfide) groups is 1. The summed E-state index contributed by atoms with van der Waals surface area (Å²) in [4.78, 5) is 12.8. The van der Waals surface area contributed by atoms with Crippen molar-refractivity contribution < 1.29 is 4.79 Å². The summed E-state index contributed by atoms with van der Waals surface area (Å²) in [7, 11) is 0. The summed E-state index contributed by atoms with van der Waals surface area (Å²) >= 11 is 1.84. The second-order valence-corrected chi connectivity index (χ2v) is 8.64. The van der Waals surface area contributed by atoms with E-state index in [1.54, 1.807) is 0 Å². The van der Waals surface area contributed by atoms with Crippen molar-refractivity contribution in [3.8, 4) is 0 Å². The lowest BCUT2D eigenvalue weighted by atomic mass is 10.0. The standard InChI is InChI=1S/C26H31NOS/c1-2-3-4-5-6-12-20-29-26(27-25(28)22-15-8-7-9-16-22)24-19-13-17-21-14-10-11-18-23(21)24/h7-11,13-19,26H,2-6,12,20H2,1H3,(H,27,28). The lowest BCUT2D eigenvalue weighted by Gasteiger charge is -2.21. The molecule has 0 saturated carbocycles. The summed E-state index contributed by atoms with van der Waals surface area (Å²) in [5.74, 6) is 1.04. The molecule has 3 aromatic carbocycles. The number of nitrogens with one attached hydrogen (secondary N) is 1. The molecule has 0 aliphatic rings. The van der Waals surface area contributed by atoms with E-state index in [9.17, 15) is 4.79 Å². The molecule has 3 rings (SSSR count). The fourth-order valence-corrected chi connectivity index (χ4v) is 4.75. The average molecular weight is 406 g/mol. The van der Waals surface area contributed by atoms with Gasteiger partial charge in [-0.2, -0.15) is 0 Å². The topological polar surface area (TPSA) is 29.1 Å². The van der Waals surface area contributed by atoms with E-state index in [1.165, 1.54) is 54.9 Å². The van der Waals surface area contributed by atoms with Crippen LogP contribution in [0.3, 0.4) is 0 Å². The molecule has 3 aromatic rings.